The smallest absolute Gasteiger partial charge is 0.276 e. The third-order valence-corrected chi connectivity index (χ3v) is 7.30. The van der Waals surface area contributed by atoms with Gasteiger partial charge in [0.15, 0.2) is 7.14 Å². The largest absolute Gasteiger partial charge is 0.363 e. The van der Waals surface area contributed by atoms with Crippen molar-refractivity contribution in [2.24, 2.45) is 11.7 Å². The summed E-state index contributed by atoms with van der Waals surface area (Å²) in [4.78, 5) is 11.5. The van der Waals surface area contributed by atoms with Crippen LogP contribution in [0.3, 0.4) is 0 Å². The fraction of sp³-hybridized carbons (Fsp3) is 0.632. The number of hydrogen-bond acceptors (Lipinski definition) is 2. The minimum Gasteiger partial charge on any atom is -0.363 e. The Morgan fingerprint density at radius 2 is 1.57 bits per heavy atom. The van der Waals surface area contributed by atoms with Crippen molar-refractivity contribution in [3.05, 3.63) is 35.9 Å². The molecule has 0 aliphatic heterocycles. The van der Waals surface area contributed by atoms with E-state index in [1.54, 1.807) is 0 Å². The van der Waals surface area contributed by atoms with Crippen LogP contribution in [0.25, 0.3) is 0 Å². The maximum Gasteiger partial charge on any atom is 0.276 e. The second kappa shape index (κ2) is 10.6. The molecule has 23 heavy (non-hydrogen) atoms. The normalized spacial score (nSPS) is 13.9. The molecule has 2 N–H and O–H groups in total. The zero-order valence-corrected chi connectivity index (χ0v) is 15.6. The van der Waals surface area contributed by atoms with Gasteiger partial charge in [0.25, 0.3) is 5.65 Å². The van der Waals surface area contributed by atoms with E-state index in [4.69, 9.17) is 5.73 Å². The standard InChI is InChI=1S/C19H32NO2P/c1-17(2)16-23(22,19(20)21)15-11-6-4-3-5-8-12-18-13-9-7-10-14-18/h7,9-10,13-14,17H,3-6,8,11-12,15-16H2,1-2H3,(H2,20,21). The summed E-state index contributed by atoms with van der Waals surface area (Å²) in [5, 5.41) is 0. The first-order valence-electron chi connectivity index (χ1n) is 8.86. The summed E-state index contributed by atoms with van der Waals surface area (Å²) >= 11 is 0. The fourth-order valence-electron chi connectivity index (χ4n) is 2.93. The molecule has 0 spiro atoms. The molecular weight excluding hydrogens is 305 g/mol. The zero-order chi connectivity index (χ0) is 17.1. The van der Waals surface area contributed by atoms with E-state index in [1.807, 2.05) is 19.9 Å². The Labute approximate surface area is 141 Å². The summed E-state index contributed by atoms with van der Waals surface area (Å²) in [5.41, 5.74) is 6.18. The zero-order valence-electron chi connectivity index (χ0n) is 14.7. The van der Waals surface area contributed by atoms with Crippen LogP contribution in [0.4, 0.5) is 4.79 Å². The van der Waals surface area contributed by atoms with Crippen LogP contribution in [0.5, 0.6) is 0 Å². The van der Waals surface area contributed by atoms with Gasteiger partial charge in [-0.05, 0) is 30.7 Å². The van der Waals surface area contributed by atoms with Crippen LogP contribution >= 0.6 is 7.14 Å². The summed E-state index contributed by atoms with van der Waals surface area (Å²) in [6.45, 7) is 3.98. The number of aryl methyl sites for hydroxylation is 1. The lowest BCUT2D eigenvalue weighted by atomic mass is 10.1. The van der Waals surface area contributed by atoms with E-state index >= 15 is 0 Å². The van der Waals surface area contributed by atoms with E-state index in [9.17, 15) is 9.36 Å². The quantitative estimate of drug-likeness (QED) is 0.395. The van der Waals surface area contributed by atoms with Crippen LogP contribution in [0.2, 0.25) is 0 Å². The van der Waals surface area contributed by atoms with Gasteiger partial charge in [0, 0.05) is 12.3 Å². The Hall–Kier alpha value is -1.08. The summed E-state index contributed by atoms with van der Waals surface area (Å²) < 4.78 is 12.5. The maximum absolute atomic E-state index is 12.5. The summed E-state index contributed by atoms with van der Waals surface area (Å²) in [6.07, 6.45) is 8.79. The highest BCUT2D eigenvalue weighted by Gasteiger charge is 2.29. The van der Waals surface area contributed by atoms with E-state index < -0.39 is 12.8 Å². The van der Waals surface area contributed by atoms with E-state index in [-0.39, 0.29) is 5.92 Å². The van der Waals surface area contributed by atoms with E-state index in [1.165, 1.54) is 24.8 Å². The molecule has 4 heteroatoms. The molecule has 1 rings (SSSR count). The van der Waals surface area contributed by atoms with Gasteiger partial charge in [-0.1, -0.05) is 69.9 Å². The van der Waals surface area contributed by atoms with Gasteiger partial charge in [-0.2, -0.15) is 0 Å². The average Bonchev–Trinajstić information content (AvgIpc) is 2.50. The van der Waals surface area contributed by atoms with Gasteiger partial charge in [0.2, 0.25) is 0 Å². The Morgan fingerprint density at radius 1 is 1.00 bits per heavy atom. The number of hydrogen-bond donors (Lipinski definition) is 1. The lowest BCUT2D eigenvalue weighted by Gasteiger charge is -2.16. The van der Waals surface area contributed by atoms with Gasteiger partial charge in [-0.25, -0.2) is 0 Å². The van der Waals surface area contributed by atoms with Crippen molar-refractivity contribution in [1.29, 1.82) is 0 Å². The topological polar surface area (TPSA) is 60.2 Å². The molecular formula is C19H32NO2P. The number of carbonyl (C=O) groups is 1. The predicted octanol–water partition coefficient (Wildman–Crippen LogP) is 5.67. The van der Waals surface area contributed by atoms with Gasteiger partial charge >= 0.3 is 0 Å². The highest BCUT2D eigenvalue weighted by molar-refractivity contribution is 7.80. The number of carbonyl (C=O) groups excluding carboxylic acids is 1. The maximum atomic E-state index is 12.5. The van der Waals surface area contributed by atoms with Crippen LogP contribution in [0.15, 0.2) is 30.3 Å². The molecule has 0 aliphatic carbocycles. The highest BCUT2D eigenvalue weighted by atomic mass is 31.2. The number of amides is 1. The van der Waals surface area contributed by atoms with Crippen LogP contribution in [-0.2, 0) is 11.0 Å². The molecule has 1 atom stereocenters. The first-order chi connectivity index (χ1) is 10.9. The van der Waals surface area contributed by atoms with Crippen molar-refractivity contribution in [3.63, 3.8) is 0 Å². The van der Waals surface area contributed by atoms with Gasteiger partial charge in [0.1, 0.15) is 0 Å². The minimum absolute atomic E-state index is 0.256. The van der Waals surface area contributed by atoms with E-state index in [2.05, 4.69) is 24.3 Å². The second-order valence-corrected chi connectivity index (χ2v) is 9.92. The van der Waals surface area contributed by atoms with Crippen molar-refractivity contribution in [2.75, 3.05) is 12.3 Å². The van der Waals surface area contributed by atoms with Gasteiger partial charge in [-0.15, -0.1) is 0 Å². The molecule has 0 aliphatic rings. The van der Waals surface area contributed by atoms with Gasteiger partial charge in [-0.3, -0.25) is 4.79 Å². The Kier molecular flexibility index (Phi) is 9.24. The second-order valence-electron chi connectivity index (χ2n) is 6.88. The third-order valence-electron chi connectivity index (χ3n) is 4.14. The van der Waals surface area contributed by atoms with E-state index in [0.29, 0.717) is 12.3 Å². The lowest BCUT2D eigenvalue weighted by molar-refractivity contribution is 0.264. The Balaban J connectivity index is 2.10. The molecule has 1 unspecified atom stereocenters. The third kappa shape index (κ3) is 8.37. The SMILES string of the molecule is CC(C)CP(=O)(CCCCCCCCc1ccccc1)C(N)=O. The molecule has 0 saturated carbocycles. The van der Waals surface area contributed by atoms with E-state index in [0.717, 1.165) is 25.7 Å². The molecule has 0 aromatic heterocycles. The summed E-state index contributed by atoms with van der Waals surface area (Å²) in [6, 6.07) is 10.6. The summed E-state index contributed by atoms with van der Waals surface area (Å²) in [7, 11) is -2.81. The number of primary amides is 1. The van der Waals surface area contributed by atoms with Crippen molar-refractivity contribution < 1.29 is 9.36 Å². The molecule has 1 amide bonds. The van der Waals surface area contributed by atoms with Crippen molar-refractivity contribution in [2.45, 2.75) is 58.8 Å². The molecule has 0 saturated heterocycles. The Bertz CT molecular complexity index is 499. The molecule has 0 fully saturated rings. The molecule has 1 aromatic rings. The number of rotatable bonds is 12. The Morgan fingerprint density at radius 3 is 2.13 bits per heavy atom. The van der Waals surface area contributed by atoms with Crippen LogP contribution < -0.4 is 5.73 Å². The van der Waals surface area contributed by atoms with Crippen molar-refractivity contribution >= 4 is 12.8 Å². The molecule has 0 heterocycles. The molecule has 1 aromatic carbocycles. The number of nitrogens with two attached hydrogens (primary N) is 1. The first-order valence-corrected chi connectivity index (χ1v) is 10.9. The fourth-order valence-corrected chi connectivity index (χ4v) is 5.43. The minimum atomic E-state index is -2.81. The lowest BCUT2D eigenvalue weighted by Crippen LogP contribution is -2.16. The number of unbranched alkanes of at least 4 members (excludes halogenated alkanes) is 5. The summed E-state index contributed by atoms with van der Waals surface area (Å²) in [5.74, 6) is 0.256. The van der Waals surface area contributed by atoms with Crippen LogP contribution in [-0.4, -0.2) is 18.0 Å². The molecule has 0 bridgehead atoms. The molecule has 130 valence electrons. The molecule has 3 nitrogen and oxygen atoms in total. The molecule has 0 radical (unpaired) electrons. The van der Waals surface area contributed by atoms with Crippen LogP contribution in [0, 0.1) is 5.92 Å². The monoisotopic (exact) mass is 337 g/mol. The highest BCUT2D eigenvalue weighted by Crippen LogP contribution is 2.48. The van der Waals surface area contributed by atoms with Gasteiger partial charge in [0.05, 0.1) is 0 Å². The van der Waals surface area contributed by atoms with Gasteiger partial charge < -0.3 is 10.3 Å². The predicted molar refractivity (Wildman–Crippen MR) is 99.6 cm³/mol. The van der Waals surface area contributed by atoms with Crippen LogP contribution in [0.1, 0.15) is 57.9 Å². The van der Waals surface area contributed by atoms with Crippen molar-refractivity contribution in [1.82, 2.24) is 0 Å². The van der Waals surface area contributed by atoms with Crippen molar-refractivity contribution in [3.8, 4) is 0 Å². The first kappa shape index (κ1) is 20.0. The average molecular weight is 337 g/mol. The number of benzene rings is 1.